The summed E-state index contributed by atoms with van der Waals surface area (Å²) in [5, 5.41) is 11.5. The van der Waals surface area contributed by atoms with Gasteiger partial charge in [0.1, 0.15) is 22.8 Å². The van der Waals surface area contributed by atoms with E-state index in [1.807, 2.05) is 6.07 Å². The Hall–Kier alpha value is -4.59. The van der Waals surface area contributed by atoms with Crippen LogP contribution in [0.15, 0.2) is 78.4 Å². The van der Waals surface area contributed by atoms with Crippen molar-refractivity contribution < 1.29 is 33.7 Å². The van der Waals surface area contributed by atoms with Crippen LogP contribution in [0, 0.1) is 0 Å². The predicted octanol–water partition coefficient (Wildman–Crippen LogP) is 4.90. The van der Waals surface area contributed by atoms with Crippen molar-refractivity contribution in [1.82, 2.24) is 0 Å². The summed E-state index contributed by atoms with van der Waals surface area (Å²) in [4.78, 5) is 40.7. The molecule has 1 aliphatic heterocycles. The quantitative estimate of drug-likeness (QED) is 0.213. The molecule has 1 unspecified atom stereocenters. The van der Waals surface area contributed by atoms with Gasteiger partial charge in [-0.25, -0.2) is 4.79 Å². The molecule has 3 aromatic carbocycles. The van der Waals surface area contributed by atoms with Crippen LogP contribution in [0.25, 0.3) is 5.76 Å². The highest BCUT2D eigenvalue weighted by Crippen LogP contribution is 2.45. The molecule has 1 heterocycles. The first-order chi connectivity index (χ1) is 17.8. The zero-order valence-electron chi connectivity index (χ0n) is 20.9. The van der Waals surface area contributed by atoms with Crippen LogP contribution >= 0.6 is 0 Å². The van der Waals surface area contributed by atoms with Crippen molar-refractivity contribution in [2.75, 3.05) is 19.1 Å². The van der Waals surface area contributed by atoms with Gasteiger partial charge in [0.05, 0.1) is 37.5 Å². The van der Waals surface area contributed by atoms with E-state index in [0.29, 0.717) is 11.3 Å². The Morgan fingerprint density at radius 1 is 0.892 bits per heavy atom. The third-order valence-electron chi connectivity index (χ3n) is 5.93. The Morgan fingerprint density at radius 2 is 1.51 bits per heavy atom. The number of aliphatic hydroxyl groups excluding tert-OH is 1. The van der Waals surface area contributed by atoms with Crippen molar-refractivity contribution in [2.24, 2.45) is 0 Å². The minimum Gasteiger partial charge on any atom is -0.506 e. The van der Waals surface area contributed by atoms with Crippen LogP contribution in [-0.4, -0.2) is 43.1 Å². The van der Waals surface area contributed by atoms with Crippen molar-refractivity contribution >= 4 is 29.1 Å². The Morgan fingerprint density at radius 3 is 2.11 bits per heavy atom. The minimum atomic E-state index is -0.979. The number of ketones is 1. The van der Waals surface area contributed by atoms with Gasteiger partial charge in [0.15, 0.2) is 0 Å². The molecule has 1 atom stereocenters. The lowest BCUT2D eigenvalue weighted by atomic mass is 9.94. The summed E-state index contributed by atoms with van der Waals surface area (Å²) in [5.74, 6) is -2.17. The van der Waals surface area contributed by atoms with Crippen molar-refractivity contribution in [3.05, 3.63) is 95.1 Å². The average Bonchev–Trinajstić information content (AvgIpc) is 3.18. The fourth-order valence-corrected chi connectivity index (χ4v) is 4.33. The molecule has 0 saturated carbocycles. The van der Waals surface area contributed by atoms with Gasteiger partial charge >= 0.3 is 5.97 Å². The van der Waals surface area contributed by atoms with Gasteiger partial charge in [0.25, 0.3) is 11.7 Å². The number of hydrogen-bond acceptors (Lipinski definition) is 7. The van der Waals surface area contributed by atoms with E-state index in [9.17, 15) is 19.5 Å². The van der Waals surface area contributed by atoms with E-state index in [4.69, 9.17) is 14.2 Å². The van der Waals surface area contributed by atoms with Gasteiger partial charge in [-0.3, -0.25) is 14.5 Å². The topological polar surface area (TPSA) is 102 Å². The summed E-state index contributed by atoms with van der Waals surface area (Å²) in [6.45, 7) is 3.48. The summed E-state index contributed by atoms with van der Waals surface area (Å²) >= 11 is 0. The van der Waals surface area contributed by atoms with E-state index < -0.39 is 29.5 Å². The Labute approximate surface area is 214 Å². The molecule has 37 heavy (non-hydrogen) atoms. The SMILES string of the molecule is COc1cccc(OC)c1/C(O)=C1\C(=O)C(=O)N(c2cccc(C(=O)OC(C)C)c2)C1c1ccccc1. The number of benzene rings is 3. The molecule has 0 bridgehead atoms. The maximum absolute atomic E-state index is 13.5. The standard InChI is InChI=1S/C29H27NO7/c1-17(2)37-29(34)19-12-8-13-20(16-19)30-25(18-10-6-5-7-11-18)24(27(32)28(30)33)26(31)23-21(35-3)14-9-15-22(23)36-4/h5-17,25,31H,1-4H3/b26-24+. The number of rotatable bonds is 7. The number of anilines is 1. The molecule has 190 valence electrons. The fourth-order valence-electron chi connectivity index (χ4n) is 4.33. The number of amides is 1. The molecule has 1 aliphatic rings. The molecule has 1 amide bonds. The summed E-state index contributed by atoms with van der Waals surface area (Å²) in [5.41, 5.74) is 1.15. The van der Waals surface area contributed by atoms with Crippen LogP contribution < -0.4 is 14.4 Å². The fraction of sp³-hybridized carbons (Fsp3) is 0.207. The first kappa shape index (κ1) is 25.5. The third kappa shape index (κ3) is 4.78. The average molecular weight is 502 g/mol. The highest BCUT2D eigenvalue weighted by molar-refractivity contribution is 6.51. The van der Waals surface area contributed by atoms with Gasteiger partial charge in [0.2, 0.25) is 0 Å². The van der Waals surface area contributed by atoms with Crippen LogP contribution in [0.4, 0.5) is 5.69 Å². The maximum Gasteiger partial charge on any atom is 0.338 e. The zero-order valence-corrected chi connectivity index (χ0v) is 20.9. The normalized spacial score (nSPS) is 16.7. The van der Waals surface area contributed by atoms with Crippen molar-refractivity contribution in [2.45, 2.75) is 26.0 Å². The summed E-state index contributed by atoms with van der Waals surface area (Å²) in [7, 11) is 2.86. The summed E-state index contributed by atoms with van der Waals surface area (Å²) < 4.78 is 16.1. The highest BCUT2D eigenvalue weighted by Gasteiger charge is 2.47. The zero-order chi connectivity index (χ0) is 26.7. The number of Topliss-reactive ketones (excluding diaryl/α,β-unsaturated/α-hetero) is 1. The molecule has 1 saturated heterocycles. The molecule has 1 fully saturated rings. The van der Waals surface area contributed by atoms with Crippen molar-refractivity contribution in [3.63, 3.8) is 0 Å². The van der Waals surface area contributed by atoms with E-state index in [1.165, 1.54) is 25.2 Å². The van der Waals surface area contributed by atoms with E-state index in [-0.39, 0.29) is 34.3 Å². The predicted molar refractivity (Wildman–Crippen MR) is 138 cm³/mol. The number of nitrogens with zero attached hydrogens (tertiary/aromatic N) is 1. The molecule has 1 N–H and O–H groups in total. The molecule has 0 radical (unpaired) electrons. The van der Waals surface area contributed by atoms with E-state index in [2.05, 4.69) is 0 Å². The molecule has 0 aliphatic carbocycles. The van der Waals surface area contributed by atoms with Crippen LogP contribution in [0.2, 0.25) is 0 Å². The number of esters is 1. The van der Waals surface area contributed by atoms with Gasteiger partial charge in [-0.05, 0) is 49.7 Å². The third-order valence-corrected chi connectivity index (χ3v) is 5.93. The molecule has 4 rings (SSSR count). The molecule has 3 aromatic rings. The second-order valence-electron chi connectivity index (χ2n) is 8.62. The summed E-state index contributed by atoms with van der Waals surface area (Å²) in [6.07, 6.45) is -0.328. The summed E-state index contributed by atoms with van der Waals surface area (Å²) in [6, 6.07) is 19.1. The largest absolute Gasteiger partial charge is 0.506 e. The number of ether oxygens (including phenoxy) is 3. The second-order valence-corrected chi connectivity index (χ2v) is 8.62. The molecule has 8 heteroatoms. The van der Waals surface area contributed by atoms with Crippen LogP contribution in [0.1, 0.15) is 41.4 Å². The van der Waals surface area contributed by atoms with Gasteiger partial charge in [-0.2, -0.15) is 0 Å². The van der Waals surface area contributed by atoms with E-state index in [1.54, 1.807) is 74.5 Å². The first-order valence-electron chi connectivity index (χ1n) is 11.7. The number of carbonyl (C=O) groups excluding carboxylic acids is 3. The first-order valence-corrected chi connectivity index (χ1v) is 11.7. The van der Waals surface area contributed by atoms with Crippen molar-refractivity contribution in [3.8, 4) is 11.5 Å². The van der Waals surface area contributed by atoms with Crippen LogP contribution in [-0.2, 0) is 14.3 Å². The molecule has 0 spiro atoms. The number of hydrogen-bond donors (Lipinski definition) is 1. The monoisotopic (exact) mass is 501 g/mol. The molecule has 0 aromatic heterocycles. The van der Waals surface area contributed by atoms with Crippen LogP contribution in [0.5, 0.6) is 11.5 Å². The van der Waals surface area contributed by atoms with Gasteiger partial charge < -0.3 is 19.3 Å². The van der Waals surface area contributed by atoms with E-state index in [0.717, 1.165) is 0 Å². The molecule has 8 nitrogen and oxygen atoms in total. The van der Waals surface area contributed by atoms with Gasteiger partial charge in [-0.1, -0.05) is 42.5 Å². The smallest absolute Gasteiger partial charge is 0.338 e. The maximum atomic E-state index is 13.5. The number of aliphatic hydroxyl groups is 1. The minimum absolute atomic E-state index is 0.130. The van der Waals surface area contributed by atoms with Gasteiger partial charge in [0, 0.05) is 5.69 Å². The van der Waals surface area contributed by atoms with Crippen LogP contribution in [0.3, 0.4) is 0 Å². The van der Waals surface area contributed by atoms with Gasteiger partial charge in [-0.15, -0.1) is 0 Å². The Balaban J connectivity index is 1.94. The number of methoxy groups -OCH3 is 2. The lowest BCUT2D eigenvalue weighted by Gasteiger charge is -2.26. The van der Waals surface area contributed by atoms with Crippen molar-refractivity contribution in [1.29, 1.82) is 0 Å². The molecular formula is C29H27NO7. The lowest BCUT2D eigenvalue weighted by Crippen LogP contribution is -2.29. The second kappa shape index (κ2) is 10.6. The highest BCUT2D eigenvalue weighted by atomic mass is 16.5. The Bertz CT molecular complexity index is 1360. The lowest BCUT2D eigenvalue weighted by molar-refractivity contribution is -0.132. The molecular weight excluding hydrogens is 474 g/mol. The number of carbonyl (C=O) groups is 3. The Kier molecular flexibility index (Phi) is 7.29. The van der Waals surface area contributed by atoms with E-state index >= 15 is 0 Å².